The first-order chi connectivity index (χ1) is 12.4. The zero-order valence-corrected chi connectivity index (χ0v) is 16.8. The van der Waals surface area contributed by atoms with Crippen LogP contribution in [-0.2, 0) is 9.59 Å². The lowest BCUT2D eigenvalue weighted by molar-refractivity contribution is -0.122. The van der Waals surface area contributed by atoms with Crippen LogP contribution in [0.1, 0.15) is 77.6 Å². The van der Waals surface area contributed by atoms with E-state index in [2.05, 4.69) is 6.08 Å². The summed E-state index contributed by atoms with van der Waals surface area (Å²) in [6.45, 7) is 1.48. The lowest BCUT2D eigenvalue weighted by Crippen LogP contribution is -2.23. The van der Waals surface area contributed by atoms with Crippen molar-refractivity contribution >= 4 is 23.2 Å². The van der Waals surface area contributed by atoms with Gasteiger partial charge in [0.1, 0.15) is 12.4 Å². The molecule has 150 valence electrons. The van der Waals surface area contributed by atoms with E-state index in [9.17, 15) is 14.7 Å². The fraction of sp³-hybridized carbons (Fsp3) is 0.810. The maximum atomic E-state index is 12.2. The third-order valence-corrected chi connectivity index (χ3v) is 5.61. The Morgan fingerprint density at radius 2 is 2.00 bits per heavy atom. The van der Waals surface area contributed by atoms with Crippen LogP contribution in [0.4, 0.5) is 0 Å². The maximum Gasteiger partial charge on any atom is 0.158 e. The highest BCUT2D eigenvalue weighted by Gasteiger charge is 2.32. The molecule has 0 aliphatic heterocycles. The Labute approximate surface area is 163 Å². The van der Waals surface area contributed by atoms with Gasteiger partial charge in [-0.05, 0) is 51.4 Å². The normalized spacial score (nSPS) is 22.8. The van der Waals surface area contributed by atoms with E-state index >= 15 is 0 Å². The first-order valence-corrected chi connectivity index (χ1v) is 10.5. The molecule has 0 saturated heterocycles. The van der Waals surface area contributed by atoms with Gasteiger partial charge in [0, 0.05) is 24.6 Å². The van der Waals surface area contributed by atoms with E-state index in [-0.39, 0.29) is 18.3 Å². The molecule has 0 aromatic carbocycles. The summed E-state index contributed by atoms with van der Waals surface area (Å²) in [6.07, 6.45) is 13.0. The number of Topliss-reactive ketones (excluding diaryl/α,β-unsaturated/α-hetero) is 2. The summed E-state index contributed by atoms with van der Waals surface area (Å²) >= 11 is 5.69. The predicted octanol–water partition coefficient (Wildman–Crippen LogP) is 4.20. The molecule has 5 heteroatoms. The van der Waals surface area contributed by atoms with Gasteiger partial charge in [-0.3, -0.25) is 9.59 Å². The van der Waals surface area contributed by atoms with Crippen LogP contribution in [0.2, 0.25) is 0 Å². The molecule has 0 heterocycles. The molecular formula is C21H35ClO4. The molecule has 1 aliphatic rings. The number of allylic oxidation sites excluding steroid dienone is 1. The largest absolute Gasteiger partial charge is 0.390 e. The Kier molecular flexibility index (Phi) is 11.3. The van der Waals surface area contributed by atoms with Crippen molar-refractivity contribution in [3.63, 3.8) is 0 Å². The molecular weight excluding hydrogens is 352 g/mol. The SMILES string of the molecule is CC(O)(CC=C[C@H]1CCC(=O)[C@@H]1CCCCCCC(=O)CO)CCCCl. The Bertz CT molecular complexity index is 459. The number of aliphatic hydroxyl groups is 2. The number of hydrogen-bond donors (Lipinski definition) is 2. The minimum Gasteiger partial charge on any atom is -0.390 e. The van der Waals surface area contributed by atoms with Gasteiger partial charge in [-0.2, -0.15) is 0 Å². The van der Waals surface area contributed by atoms with Crippen molar-refractivity contribution in [2.24, 2.45) is 11.8 Å². The van der Waals surface area contributed by atoms with Gasteiger partial charge < -0.3 is 10.2 Å². The van der Waals surface area contributed by atoms with Crippen LogP contribution >= 0.6 is 11.6 Å². The highest BCUT2D eigenvalue weighted by molar-refractivity contribution is 6.17. The molecule has 0 amide bonds. The van der Waals surface area contributed by atoms with Gasteiger partial charge in [0.25, 0.3) is 0 Å². The molecule has 0 radical (unpaired) electrons. The van der Waals surface area contributed by atoms with Crippen LogP contribution in [0, 0.1) is 11.8 Å². The van der Waals surface area contributed by atoms with Gasteiger partial charge >= 0.3 is 0 Å². The van der Waals surface area contributed by atoms with Crippen LogP contribution in [0.5, 0.6) is 0 Å². The van der Waals surface area contributed by atoms with Gasteiger partial charge in [-0.15, -0.1) is 11.6 Å². The predicted molar refractivity (Wildman–Crippen MR) is 105 cm³/mol. The number of hydrogen-bond acceptors (Lipinski definition) is 4. The highest BCUT2D eigenvalue weighted by Crippen LogP contribution is 2.34. The second-order valence-electron chi connectivity index (χ2n) is 7.85. The number of ketones is 2. The molecule has 0 aromatic heterocycles. The molecule has 4 nitrogen and oxygen atoms in total. The lowest BCUT2D eigenvalue weighted by atomic mass is 9.88. The van der Waals surface area contributed by atoms with Gasteiger partial charge in [-0.1, -0.05) is 31.4 Å². The standard InChI is InChI=1S/C21H35ClO4/c1-21(26,14-7-15-22)13-6-8-17-11-12-20(25)19(17)10-5-3-2-4-9-18(24)16-23/h6,8,17,19,23,26H,2-5,7,9-16H2,1H3/t17-,19+,21?/m0/s1. The van der Waals surface area contributed by atoms with Crippen LogP contribution in [0.15, 0.2) is 12.2 Å². The molecule has 1 saturated carbocycles. The summed E-state index contributed by atoms with van der Waals surface area (Å²) in [7, 11) is 0. The van der Waals surface area contributed by atoms with Crippen molar-refractivity contribution < 1.29 is 19.8 Å². The second-order valence-corrected chi connectivity index (χ2v) is 8.22. The average Bonchev–Trinajstić information content (AvgIpc) is 2.96. The topological polar surface area (TPSA) is 74.6 Å². The monoisotopic (exact) mass is 386 g/mol. The van der Waals surface area contributed by atoms with Crippen molar-refractivity contribution in [1.29, 1.82) is 0 Å². The van der Waals surface area contributed by atoms with Gasteiger partial charge in [-0.25, -0.2) is 0 Å². The van der Waals surface area contributed by atoms with Crippen LogP contribution in [0.25, 0.3) is 0 Å². The van der Waals surface area contributed by atoms with Crippen LogP contribution in [0.3, 0.4) is 0 Å². The maximum absolute atomic E-state index is 12.2. The van der Waals surface area contributed by atoms with Gasteiger partial charge in [0.2, 0.25) is 0 Å². The minimum absolute atomic E-state index is 0.0943. The van der Waals surface area contributed by atoms with E-state index in [0.29, 0.717) is 43.3 Å². The number of halogens is 1. The molecule has 1 fully saturated rings. The average molecular weight is 387 g/mol. The Hall–Kier alpha value is -0.710. The summed E-state index contributed by atoms with van der Waals surface area (Å²) in [6, 6.07) is 0. The number of aliphatic hydroxyl groups excluding tert-OH is 1. The van der Waals surface area contributed by atoms with Crippen molar-refractivity contribution in [1.82, 2.24) is 0 Å². The van der Waals surface area contributed by atoms with E-state index in [1.165, 1.54) is 0 Å². The molecule has 26 heavy (non-hydrogen) atoms. The molecule has 0 aromatic rings. The Morgan fingerprint density at radius 1 is 1.27 bits per heavy atom. The van der Waals surface area contributed by atoms with E-state index < -0.39 is 5.60 Å². The van der Waals surface area contributed by atoms with E-state index in [1.807, 2.05) is 13.0 Å². The van der Waals surface area contributed by atoms with Gasteiger partial charge in [0.15, 0.2) is 5.78 Å². The highest BCUT2D eigenvalue weighted by atomic mass is 35.5. The van der Waals surface area contributed by atoms with Crippen molar-refractivity contribution in [3.05, 3.63) is 12.2 Å². The van der Waals surface area contributed by atoms with Crippen molar-refractivity contribution in [2.75, 3.05) is 12.5 Å². The Balaban J connectivity index is 2.31. The van der Waals surface area contributed by atoms with E-state index in [1.54, 1.807) is 0 Å². The minimum atomic E-state index is -0.727. The molecule has 1 aliphatic carbocycles. The molecule has 0 bridgehead atoms. The molecule has 2 N–H and O–H groups in total. The first-order valence-electron chi connectivity index (χ1n) is 10.00. The third-order valence-electron chi connectivity index (χ3n) is 5.34. The zero-order chi connectivity index (χ0) is 19.4. The summed E-state index contributed by atoms with van der Waals surface area (Å²) in [5, 5.41) is 19.0. The third kappa shape index (κ3) is 9.29. The van der Waals surface area contributed by atoms with Crippen molar-refractivity contribution in [2.45, 2.75) is 83.2 Å². The number of unbranched alkanes of at least 4 members (excludes halogenated alkanes) is 3. The lowest BCUT2D eigenvalue weighted by Gasteiger charge is -2.21. The molecule has 3 atom stereocenters. The quantitative estimate of drug-likeness (QED) is 0.266. The molecule has 1 unspecified atom stereocenters. The van der Waals surface area contributed by atoms with Crippen LogP contribution in [-0.4, -0.2) is 39.9 Å². The first kappa shape index (κ1) is 23.3. The number of alkyl halides is 1. The summed E-state index contributed by atoms with van der Waals surface area (Å²) in [4.78, 5) is 23.2. The molecule has 0 spiro atoms. The van der Waals surface area contributed by atoms with Gasteiger partial charge in [0.05, 0.1) is 5.60 Å². The second kappa shape index (κ2) is 12.6. The number of carbonyl (C=O) groups is 2. The molecule has 1 rings (SSSR count). The Morgan fingerprint density at radius 3 is 2.69 bits per heavy atom. The summed E-state index contributed by atoms with van der Waals surface area (Å²) in [5.41, 5.74) is -0.727. The summed E-state index contributed by atoms with van der Waals surface area (Å²) < 4.78 is 0. The van der Waals surface area contributed by atoms with Crippen LogP contribution < -0.4 is 0 Å². The van der Waals surface area contributed by atoms with E-state index in [0.717, 1.165) is 44.9 Å². The smallest absolute Gasteiger partial charge is 0.158 e. The number of rotatable bonds is 14. The fourth-order valence-corrected chi connectivity index (χ4v) is 3.84. The van der Waals surface area contributed by atoms with E-state index in [4.69, 9.17) is 16.7 Å². The number of carbonyl (C=O) groups excluding carboxylic acids is 2. The fourth-order valence-electron chi connectivity index (χ4n) is 3.71. The summed E-state index contributed by atoms with van der Waals surface area (Å²) in [5.74, 6) is 1.24. The zero-order valence-electron chi connectivity index (χ0n) is 16.1. The van der Waals surface area contributed by atoms with Crippen molar-refractivity contribution in [3.8, 4) is 0 Å².